The number of halogens is 1. The van der Waals surface area contributed by atoms with Crippen molar-refractivity contribution >= 4 is 28.4 Å². The maximum Gasteiger partial charge on any atom is 0.275 e. The second-order valence-corrected chi connectivity index (χ2v) is 6.18. The van der Waals surface area contributed by atoms with Crippen molar-refractivity contribution in [3.8, 4) is 10.6 Å². The Morgan fingerprint density at radius 2 is 2.00 bits per heavy atom. The summed E-state index contributed by atoms with van der Waals surface area (Å²) in [5.74, 6) is -0.383. The normalized spacial score (nSPS) is 11.4. The van der Waals surface area contributed by atoms with Gasteiger partial charge in [0, 0.05) is 24.0 Å². The third-order valence-corrected chi connectivity index (χ3v) is 4.44. The molecule has 0 bridgehead atoms. The molecule has 122 valence electrons. The van der Waals surface area contributed by atoms with E-state index in [1.807, 2.05) is 18.2 Å². The number of nitrogens with zero attached hydrogens (tertiary/aromatic N) is 4. The molecule has 0 amide bonds. The predicted octanol–water partition coefficient (Wildman–Crippen LogP) is 3.52. The second-order valence-electron chi connectivity index (χ2n) is 5.22. The number of hydrogen-bond donors (Lipinski definition) is 0. The predicted molar refractivity (Wildman–Crippen MR) is 95.7 cm³/mol. The number of rotatable bonds is 3. The molecule has 0 radical (unpaired) electrons. The van der Waals surface area contributed by atoms with Gasteiger partial charge in [0.15, 0.2) is 5.01 Å². The summed E-state index contributed by atoms with van der Waals surface area (Å²) < 4.78 is 15.1. The highest BCUT2D eigenvalue weighted by molar-refractivity contribution is 7.19. The molecule has 0 saturated heterocycles. The van der Waals surface area contributed by atoms with Crippen LogP contribution in [0.25, 0.3) is 27.7 Å². The summed E-state index contributed by atoms with van der Waals surface area (Å²) in [6.07, 6.45) is 6.96. The summed E-state index contributed by atoms with van der Waals surface area (Å²) in [7, 11) is 0. The minimum absolute atomic E-state index is 0.310. The Kier molecular flexibility index (Phi) is 3.91. The summed E-state index contributed by atoms with van der Waals surface area (Å²) in [4.78, 5) is 21.1. The molecule has 0 N–H and O–H groups in total. The lowest BCUT2D eigenvalue weighted by Gasteiger charge is -1.95. The zero-order chi connectivity index (χ0) is 17.2. The largest absolute Gasteiger partial charge is 0.275 e. The van der Waals surface area contributed by atoms with E-state index in [1.165, 1.54) is 28.0 Å². The lowest BCUT2D eigenvalue weighted by molar-refractivity contribution is 0.630. The summed E-state index contributed by atoms with van der Waals surface area (Å²) in [5.41, 5.74) is 1.46. The highest BCUT2D eigenvalue weighted by Gasteiger charge is 2.12. The van der Waals surface area contributed by atoms with Crippen LogP contribution in [0, 0.1) is 5.82 Å². The third kappa shape index (κ3) is 3.09. The van der Waals surface area contributed by atoms with Crippen molar-refractivity contribution < 1.29 is 4.39 Å². The maximum absolute atomic E-state index is 13.9. The first kappa shape index (κ1) is 15.3. The minimum Gasteiger partial charge on any atom is -0.267 e. The van der Waals surface area contributed by atoms with Gasteiger partial charge in [0.25, 0.3) is 5.56 Å². The molecule has 3 aromatic heterocycles. The summed E-state index contributed by atoms with van der Waals surface area (Å²) in [6.45, 7) is 0. The summed E-state index contributed by atoms with van der Waals surface area (Å²) in [5, 5.41) is 4.60. The Morgan fingerprint density at radius 3 is 2.80 bits per heavy atom. The molecule has 4 aromatic rings. The molecule has 4 rings (SSSR count). The van der Waals surface area contributed by atoms with Crippen molar-refractivity contribution in [1.29, 1.82) is 0 Å². The van der Waals surface area contributed by atoms with Gasteiger partial charge in [-0.25, -0.2) is 9.37 Å². The van der Waals surface area contributed by atoms with Gasteiger partial charge in [0.2, 0.25) is 4.96 Å². The van der Waals surface area contributed by atoms with Gasteiger partial charge in [-0.15, -0.1) is 0 Å². The van der Waals surface area contributed by atoms with Crippen molar-refractivity contribution in [2.75, 3.05) is 0 Å². The molecule has 0 unspecified atom stereocenters. The quantitative estimate of drug-likeness (QED) is 0.567. The first-order valence-electron chi connectivity index (χ1n) is 7.45. The van der Waals surface area contributed by atoms with E-state index in [-0.39, 0.29) is 11.4 Å². The van der Waals surface area contributed by atoms with Crippen molar-refractivity contribution in [2.24, 2.45) is 0 Å². The van der Waals surface area contributed by atoms with Crippen molar-refractivity contribution in [3.63, 3.8) is 0 Å². The first-order chi connectivity index (χ1) is 12.2. The molecule has 3 heterocycles. The lowest BCUT2D eigenvalue weighted by Crippen LogP contribution is -2.14. The fraction of sp³-hybridized carbons (Fsp3) is 0. The van der Waals surface area contributed by atoms with Gasteiger partial charge in [-0.1, -0.05) is 35.6 Å². The smallest absolute Gasteiger partial charge is 0.267 e. The Morgan fingerprint density at radius 1 is 1.12 bits per heavy atom. The van der Waals surface area contributed by atoms with Crippen LogP contribution in [0.15, 0.2) is 59.7 Å². The van der Waals surface area contributed by atoms with Gasteiger partial charge in [-0.05, 0) is 29.8 Å². The van der Waals surface area contributed by atoms with Crippen molar-refractivity contribution in [1.82, 2.24) is 19.6 Å². The number of fused-ring (bicyclic) bond motifs is 1. The molecular formula is C18H11FN4OS. The Labute approximate surface area is 145 Å². The maximum atomic E-state index is 13.9. The molecule has 7 heteroatoms. The fourth-order valence-corrected chi connectivity index (χ4v) is 3.25. The van der Waals surface area contributed by atoms with Crippen LogP contribution in [0.4, 0.5) is 4.39 Å². The van der Waals surface area contributed by atoms with E-state index in [1.54, 1.807) is 36.7 Å². The van der Waals surface area contributed by atoms with Gasteiger partial charge in [0.1, 0.15) is 5.82 Å². The van der Waals surface area contributed by atoms with Crippen LogP contribution in [0.5, 0.6) is 0 Å². The van der Waals surface area contributed by atoms with Crippen LogP contribution in [0.1, 0.15) is 11.3 Å². The monoisotopic (exact) mass is 350 g/mol. The van der Waals surface area contributed by atoms with Crippen molar-refractivity contribution in [2.45, 2.75) is 0 Å². The van der Waals surface area contributed by atoms with Gasteiger partial charge >= 0.3 is 0 Å². The molecule has 0 atom stereocenters. The van der Waals surface area contributed by atoms with Crippen LogP contribution in [-0.2, 0) is 0 Å². The van der Waals surface area contributed by atoms with E-state index in [4.69, 9.17) is 0 Å². The number of pyridine rings is 1. The van der Waals surface area contributed by atoms with Gasteiger partial charge in [0.05, 0.1) is 5.69 Å². The van der Waals surface area contributed by atoms with Crippen LogP contribution in [0.2, 0.25) is 0 Å². The molecular weight excluding hydrogens is 339 g/mol. The van der Waals surface area contributed by atoms with E-state index < -0.39 is 0 Å². The molecule has 25 heavy (non-hydrogen) atoms. The van der Waals surface area contributed by atoms with Crippen LogP contribution < -0.4 is 5.56 Å². The number of aromatic nitrogens is 4. The number of hydrogen-bond acceptors (Lipinski definition) is 5. The van der Waals surface area contributed by atoms with E-state index in [0.717, 1.165) is 5.56 Å². The van der Waals surface area contributed by atoms with E-state index in [2.05, 4.69) is 15.1 Å². The average molecular weight is 350 g/mol. The zero-order valence-electron chi connectivity index (χ0n) is 12.8. The highest BCUT2D eigenvalue weighted by Crippen LogP contribution is 2.26. The Bertz CT molecular complexity index is 1130. The van der Waals surface area contributed by atoms with Crippen LogP contribution in [0.3, 0.4) is 0 Å². The SMILES string of the molecule is O=c1cc(/C=C/c2cccnc2)nc2sc(-c3ccccc3F)nn12. The standard InChI is InChI=1S/C18H11FN4OS/c19-15-6-2-1-5-14(15)17-22-23-16(24)10-13(21-18(23)25-17)8-7-12-4-3-9-20-11-12/h1-11H/b8-7+. The van der Waals surface area contributed by atoms with Crippen LogP contribution in [-0.4, -0.2) is 19.6 Å². The average Bonchev–Trinajstić information content (AvgIpc) is 3.06. The lowest BCUT2D eigenvalue weighted by atomic mass is 10.2. The molecule has 0 aliphatic rings. The van der Waals surface area contributed by atoms with E-state index >= 15 is 0 Å². The topological polar surface area (TPSA) is 60.2 Å². The molecule has 5 nitrogen and oxygen atoms in total. The summed E-state index contributed by atoms with van der Waals surface area (Å²) in [6, 6.07) is 11.4. The van der Waals surface area contributed by atoms with Gasteiger partial charge in [-0.2, -0.15) is 9.61 Å². The number of benzene rings is 1. The Hall–Kier alpha value is -3.19. The first-order valence-corrected chi connectivity index (χ1v) is 8.26. The minimum atomic E-state index is -0.383. The highest BCUT2D eigenvalue weighted by atomic mass is 32.1. The van der Waals surface area contributed by atoms with Gasteiger partial charge < -0.3 is 0 Å². The van der Waals surface area contributed by atoms with Crippen molar-refractivity contribution in [3.05, 3.63) is 82.3 Å². The Balaban J connectivity index is 1.76. The molecule has 0 fully saturated rings. The molecule has 0 spiro atoms. The molecule has 0 saturated carbocycles. The molecule has 0 aliphatic heterocycles. The van der Waals surface area contributed by atoms with Gasteiger partial charge in [-0.3, -0.25) is 9.78 Å². The van der Waals surface area contributed by atoms with E-state index in [0.29, 0.717) is 21.2 Å². The zero-order valence-corrected chi connectivity index (χ0v) is 13.7. The van der Waals surface area contributed by atoms with Crippen LogP contribution >= 0.6 is 11.3 Å². The van der Waals surface area contributed by atoms with E-state index in [9.17, 15) is 9.18 Å². The second kappa shape index (κ2) is 6.37. The third-order valence-electron chi connectivity index (χ3n) is 3.50. The molecule has 1 aromatic carbocycles. The fourth-order valence-electron chi connectivity index (χ4n) is 2.31. The molecule has 0 aliphatic carbocycles. The summed E-state index contributed by atoms with van der Waals surface area (Å²) >= 11 is 1.17.